The molecule has 0 radical (unpaired) electrons. The number of aryl methyl sites for hydroxylation is 1. The Morgan fingerprint density at radius 2 is 1.97 bits per heavy atom. The van der Waals surface area contributed by atoms with Crippen LogP contribution in [0.3, 0.4) is 0 Å². The lowest BCUT2D eigenvalue weighted by Gasteiger charge is -2.33. The van der Waals surface area contributed by atoms with Crippen LogP contribution in [0.25, 0.3) is 17.4 Å². The number of methoxy groups -OCH3 is 2. The van der Waals surface area contributed by atoms with Crippen molar-refractivity contribution in [2.24, 2.45) is 5.92 Å². The summed E-state index contributed by atoms with van der Waals surface area (Å²) in [7, 11) is 3.13. The maximum Gasteiger partial charge on any atom is 0.303 e. The number of thiocarbonyl (C=S) groups is 1. The molecule has 190 valence electrons. The lowest BCUT2D eigenvalue weighted by molar-refractivity contribution is -0.137. The highest BCUT2D eigenvalue weighted by molar-refractivity contribution is 8.26. The third kappa shape index (κ3) is 5.52. The predicted octanol–water partition coefficient (Wildman–Crippen LogP) is 5.93. The van der Waals surface area contributed by atoms with Crippen LogP contribution in [-0.2, 0) is 16.0 Å². The number of nitrogens with zero attached hydrogens (tertiary/aromatic N) is 1. The molecule has 36 heavy (non-hydrogen) atoms. The second kappa shape index (κ2) is 11.3. The fourth-order valence-corrected chi connectivity index (χ4v) is 5.88. The van der Waals surface area contributed by atoms with E-state index in [1.807, 2.05) is 12.1 Å². The minimum Gasteiger partial charge on any atom is -0.497 e. The van der Waals surface area contributed by atoms with Crippen molar-refractivity contribution in [1.82, 2.24) is 4.90 Å². The van der Waals surface area contributed by atoms with E-state index in [1.165, 1.54) is 11.8 Å². The van der Waals surface area contributed by atoms with Gasteiger partial charge in [-0.05, 0) is 48.9 Å². The molecule has 1 amide bonds. The molecule has 2 atom stereocenters. The number of ether oxygens (including phenoxy) is 2. The lowest BCUT2D eigenvalue weighted by Crippen LogP contribution is -2.43. The van der Waals surface area contributed by atoms with Crippen LogP contribution in [0.15, 0.2) is 45.7 Å². The number of rotatable bonds is 9. The van der Waals surface area contributed by atoms with Crippen molar-refractivity contribution < 1.29 is 28.6 Å². The van der Waals surface area contributed by atoms with Crippen LogP contribution < -0.4 is 9.47 Å². The summed E-state index contributed by atoms with van der Waals surface area (Å²) in [6.07, 6.45) is 9.09. The Bertz CT molecular complexity index is 1210. The van der Waals surface area contributed by atoms with Crippen LogP contribution in [0.2, 0.25) is 0 Å². The van der Waals surface area contributed by atoms with E-state index in [0.717, 1.165) is 19.3 Å². The Balaban J connectivity index is 1.70. The molecule has 1 aromatic heterocycles. The lowest BCUT2D eigenvalue weighted by atomic mass is 9.86. The standard InChI is InChI=1S/C27H29NO6S2/c1-4-16-7-5-6-8-21(16)28-26(31)24(36-27(28)35)15-23-17(9-10-25(29)30)13-22(34-23)18-11-19(32-2)14-20(12-18)33-3/h6,8,11-16,21H,4-5,7,9-10H2,1-3H3,(H,29,30)/b24-15-. The van der Waals surface area contributed by atoms with Crippen LogP contribution in [-0.4, -0.2) is 46.5 Å². The van der Waals surface area contributed by atoms with Gasteiger partial charge in [-0.1, -0.05) is 49.5 Å². The second-order valence-electron chi connectivity index (χ2n) is 8.71. The van der Waals surface area contributed by atoms with Crippen molar-refractivity contribution in [2.75, 3.05) is 14.2 Å². The molecule has 1 aromatic carbocycles. The van der Waals surface area contributed by atoms with E-state index >= 15 is 0 Å². The molecule has 1 aliphatic carbocycles. The molecular formula is C27H29NO6S2. The normalized spacial score (nSPS) is 20.9. The number of hydrogen-bond acceptors (Lipinski definition) is 7. The molecule has 0 bridgehead atoms. The van der Waals surface area contributed by atoms with Crippen LogP contribution in [0.4, 0.5) is 0 Å². The van der Waals surface area contributed by atoms with E-state index in [4.69, 9.17) is 26.1 Å². The van der Waals surface area contributed by atoms with E-state index < -0.39 is 5.97 Å². The van der Waals surface area contributed by atoms with E-state index in [1.54, 1.807) is 37.3 Å². The zero-order valence-corrected chi connectivity index (χ0v) is 22.1. The van der Waals surface area contributed by atoms with E-state index in [9.17, 15) is 14.7 Å². The summed E-state index contributed by atoms with van der Waals surface area (Å²) in [6.45, 7) is 2.14. The van der Waals surface area contributed by atoms with Crippen LogP contribution >= 0.6 is 24.0 Å². The molecule has 9 heteroatoms. The van der Waals surface area contributed by atoms with Gasteiger partial charge in [-0.2, -0.15) is 0 Å². The first-order chi connectivity index (χ1) is 17.3. The number of benzene rings is 1. The quantitative estimate of drug-likeness (QED) is 0.244. The summed E-state index contributed by atoms with van der Waals surface area (Å²) in [4.78, 5) is 26.9. The molecule has 1 N–H and O–H groups in total. The van der Waals surface area contributed by atoms with Crippen LogP contribution in [0, 0.1) is 5.92 Å². The molecule has 1 aliphatic heterocycles. The monoisotopic (exact) mass is 527 g/mol. The predicted molar refractivity (Wildman–Crippen MR) is 144 cm³/mol. The number of allylic oxidation sites excluding steroid dienone is 1. The van der Waals surface area contributed by atoms with Crippen LogP contribution in [0.5, 0.6) is 11.5 Å². The largest absolute Gasteiger partial charge is 0.497 e. The Hall–Kier alpha value is -3.04. The van der Waals surface area contributed by atoms with Gasteiger partial charge >= 0.3 is 5.97 Å². The highest BCUT2D eigenvalue weighted by Gasteiger charge is 2.39. The number of carbonyl (C=O) groups is 2. The van der Waals surface area contributed by atoms with Crippen molar-refractivity contribution in [3.63, 3.8) is 0 Å². The number of carbonyl (C=O) groups excluding carboxylic acids is 1. The maximum absolute atomic E-state index is 13.4. The Kier molecular flexibility index (Phi) is 8.21. The van der Waals surface area contributed by atoms with Gasteiger partial charge in [0.25, 0.3) is 5.91 Å². The molecule has 7 nitrogen and oxygen atoms in total. The second-order valence-corrected chi connectivity index (χ2v) is 10.4. The average molecular weight is 528 g/mol. The Morgan fingerprint density at radius 3 is 2.61 bits per heavy atom. The SMILES string of the molecule is CCC1CCC=CC1N1C(=O)/C(=C/c2oc(-c3cc(OC)cc(OC)c3)cc2CCC(=O)O)SC1=S. The highest BCUT2D eigenvalue weighted by Crippen LogP contribution is 2.40. The first-order valence-electron chi connectivity index (χ1n) is 11.9. The zero-order valence-electron chi connectivity index (χ0n) is 20.5. The third-order valence-corrected chi connectivity index (χ3v) is 7.84. The van der Waals surface area contributed by atoms with E-state index in [0.29, 0.717) is 49.3 Å². The number of carboxylic acids is 1. The molecule has 0 saturated carbocycles. The molecular weight excluding hydrogens is 498 g/mol. The summed E-state index contributed by atoms with van der Waals surface area (Å²) < 4.78 is 17.4. The van der Waals surface area contributed by atoms with Gasteiger partial charge in [-0.15, -0.1) is 0 Å². The minimum atomic E-state index is -0.909. The molecule has 2 aromatic rings. The summed E-state index contributed by atoms with van der Waals surface area (Å²) in [5.41, 5.74) is 1.41. The molecule has 2 unspecified atom stereocenters. The van der Waals surface area contributed by atoms with Crippen molar-refractivity contribution in [2.45, 2.75) is 45.1 Å². The van der Waals surface area contributed by atoms with Gasteiger partial charge in [0.15, 0.2) is 0 Å². The molecule has 1 fully saturated rings. The van der Waals surface area contributed by atoms with Gasteiger partial charge in [-0.3, -0.25) is 14.5 Å². The van der Waals surface area contributed by atoms with Crippen molar-refractivity contribution >= 4 is 46.3 Å². The molecule has 1 saturated heterocycles. The number of hydrogen-bond donors (Lipinski definition) is 1. The summed E-state index contributed by atoms with van der Waals surface area (Å²) in [5, 5.41) is 9.25. The Labute approximate surface area is 220 Å². The van der Waals surface area contributed by atoms with E-state index in [-0.39, 0.29) is 24.8 Å². The molecule has 4 rings (SSSR count). The van der Waals surface area contributed by atoms with Gasteiger partial charge in [0.05, 0.1) is 25.2 Å². The number of thioether (sulfide) groups is 1. The number of amides is 1. The minimum absolute atomic E-state index is 0.0509. The first-order valence-corrected chi connectivity index (χ1v) is 13.1. The summed E-state index contributed by atoms with van der Waals surface area (Å²) >= 11 is 6.86. The fourth-order valence-electron chi connectivity index (χ4n) is 4.57. The van der Waals surface area contributed by atoms with Gasteiger partial charge < -0.3 is 19.0 Å². The topological polar surface area (TPSA) is 89.2 Å². The first kappa shape index (κ1) is 26.0. The van der Waals surface area contributed by atoms with Crippen molar-refractivity contribution in [1.29, 1.82) is 0 Å². The van der Waals surface area contributed by atoms with E-state index in [2.05, 4.69) is 19.1 Å². The number of aliphatic carboxylic acids is 1. The van der Waals surface area contributed by atoms with Crippen molar-refractivity contribution in [3.8, 4) is 22.8 Å². The molecule has 2 heterocycles. The summed E-state index contributed by atoms with van der Waals surface area (Å²) in [6, 6.07) is 7.14. The van der Waals surface area contributed by atoms with Gasteiger partial charge in [-0.25, -0.2) is 0 Å². The molecule has 0 spiro atoms. The highest BCUT2D eigenvalue weighted by atomic mass is 32.2. The fraction of sp³-hybridized carbons (Fsp3) is 0.370. The number of carboxylic acid groups (broad SMARTS) is 1. The summed E-state index contributed by atoms with van der Waals surface area (Å²) in [5.74, 6) is 1.47. The smallest absolute Gasteiger partial charge is 0.303 e. The Morgan fingerprint density at radius 1 is 1.25 bits per heavy atom. The zero-order chi connectivity index (χ0) is 25.8. The van der Waals surface area contributed by atoms with Crippen LogP contribution in [0.1, 0.15) is 43.9 Å². The molecule has 2 aliphatic rings. The average Bonchev–Trinajstić information content (AvgIpc) is 3.41. The van der Waals surface area contributed by atoms with Gasteiger partial charge in [0, 0.05) is 24.1 Å². The number of furan rings is 1. The maximum atomic E-state index is 13.4. The van der Waals surface area contributed by atoms with Gasteiger partial charge in [0.1, 0.15) is 27.3 Å². The van der Waals surface area contributed by atoms with Gasteiger partial charge in [0.2, 0.25) is 0 Å². The third-order valence-electron chi connectivity index (χ3n) is 6.51. The van der Waals surface area contributed by atoms with Crippen molar-refractivity contribution in [3.05, 3.63) is 52.6 Å².